The number of anilines is 1. The minimum absolute atomic E-state index is 0.537. The minimum atomic E-state index is 0.537. The summed E-state index contributed by atoms with van der Waals surface area (Å²) in [7, 11) is 0. The summed E-state index contributed by atoms with van der Waals surface area (Å²) < 4.78 is 5.78. The largest absolute Gasteiger partial charge is 0.491 e. The van der Waals surface area contributed by atoms with Gasteiger partial charge in [0.1, 0.15) is 12.4 Å². The van der Waals surface area contributed by atoms with E-state index in [1.54, 1.807) is 6.20 Å². The van der Waals surface area contributed by atoms with Crippen molar-refractivity contribution in [2.24, 2.45) is 0 Å². The minimum Gasteiger partial charge on any atom is -0.491 e. The van der Waals surface area contributed by atoms with Gasteiger partial charge in [-0.15, -0.1) is 0 Å². The van der Waals surface area contributed by atoms with Gasteiger partial charge in [-0.2, -0.15) is 0 Å². The van der Waals surface area contributed by atoms with Crippen molar-refractivity contribution in [3.63, 3.8) is 0 Å². The topological polar surface area (TPSA) is 37.4 Å². The van der Waals surface area contributed by atoms with E-state index >= 15 is 0 Å². The second-order valence-electron chi connectivity index (χ2n) is 5.21. The van der Waals surface area contributed by atoms with Crippen molar-refractivity contribution in [3.8, 4) is 5.75 Å². The lowest BCUT2D eigenvalue weighted by Crippen LogP contribution is -2.39. The third-order valence-corrected chi connectivity index (χ3v) is 3.04. The molecular formula is C15H27N3O. The first-order valence-electron chi connectivity index (χ1n) is 7.12. The van der Waals surface area contributed by atoms with Gasteiger partial charge in [-0.3, -0.25) is 9.88 Å². The molecule has 0 radical (unpaired) electrons. The predicted molar refractivity (Wildman–Crippen MR) is 80.9 cm³/mol. The van der Waals surface area contributed by atoms with Crippen molar-refractivity contribution in [2.45, 2.75) is 46.7 Å². The molecule has 0 saturated heterocycles. The lowest BCUT2D eigenvalue weighted by atomic mass is 10.2. The predicted octanol–water partition coefficient (Wildman–Crippen LogP) is 3.01. The molecule has 1 N–H and O–H groups in total. The molecule has 0 aliphatic rings. The average Bonchev–Trinajstić information content (AvgIpc) is 2.34. The van der Waals surface area contributed by atoms with E-state index in [2.05, 4.69) is 49.8 Å². The maximum Gasteiger partial charge on any atom is 0.139 e. The molecule has 1 aromatic rings. The Kier molecular flexibility index (Phi) is 6.64. The highest BCUT2D eigenvalue weighted by molar-refractivity contribution is 5.44. The Hall–Kier alpha value is -1.29. The van der Waals surface area contributed by atoms with Crippen LogP contribution in [0.5, 0.6) is 5.75 Å². The van der Waals surface area contributed by atoms with Crippen LogP contribution in [0.3, 0.4) is 0 Å². The molecule has 0 fully saturated rings. The van der Waals surface area contributed by atoms with Crippen LogP contribution in [0.1, 0.15) is 34.6 Å². The molecule has 0 unspecified atom stereocenters. The van der Waals surface area contributed by atoms with E-state index in [-0.39, 0.29) is 0 Å². The van der Waals surface area contributed by atoms with Crippen LogP contribution in [0.25, 0.3) is 0 Å². The number of hydrogen-bond donors (Lipinski definition) is 1. The van der Waals surface area contributed by atoms with E-state index in [0.717, 1.165) is 24.5 Å². The van der Waals surface area contributed by atoms with Crippen LogP contribution in [0, 0.1) is 0 Å². The number of hydrogen-bond acceptors (Lipinski definition) is 4. The molecule has 0 amide bonds. The zero-order valence-electron chi connectivity index (χ0n) is 12.8. The summed E-state index contributed by atoms with van der Waals surface area (Å²) in [5, 5.41) is 3.23. The van der Waals surface area contributed by atoms with Gasteiger partial charge in [-0.05, 0) is 34.6 Å². The first kappa shape index (κ1) is 15.8. The highest BCUT2D eigenvalue weighted by Gasteiger charge is 2.12. The van der Waals surface area contributed by atoms with Gasteiger partial charge >= 0.3 is 0 Å². The standard InChI is InChI=1S/C15H27N3O/c1-6-17-14-9-15(11-16-10-14)19-8-7-18(12(2)3)13(4)5/h9-13,17H,6-8H2,1-5H3. The van der Waals surface area contributed by atoms with Crippen molar-refractivity contribution < 1.29 is 4.74 Å². The van der Waals surface area contributed by atoms with Crippen LogP contribution in [0.2, 0.25) is 0 Å². The van der Waals surface area contributed by atoms with Crippen molar-refractivity contribution in [1.82, 2.24) is 9.88 Å². The van der Waals surface area contributed by atoms with Crippen molar-refractivity contribution in [1.29, 1.82) is 0 Å². The maximum atomic E-state index is 5.78. The molecule has 1 rings (SSSR count). The van der Waals surface area contributed by atoms with Gasteiger partial charge in [0, 0.05) is 31.2 Å². The Bertz CT molecular complexity index is 358. The third-order valence-electron chi connectivity index (χ3n) is 3.04. The molecule has 0 spiro atoms. The van der Waals surface area contributed by atoms with E-state index in [1.165, 1.54) is 0 Å². The zero-order chi connectivity index (χ0) is 14.3. The Morgan fingerprint density at radius 1 is 1.21 bits per heavy atom. The third kappa shape index (κ3) is 5.47. The normalized spacial score (nSPS) is 11.4. The van der Waals surface area contributed by atoms with Gasteiger partial charge in [0.2, 0.25) is 0 Å². The van der Waals surface area contributed by atoms with Crippen molar-refractivity contribution in [2.75, 3.05) is 25.0 Å². The first-order chi connectivity index (χ1) is 9.04. The van der Waals surface area contributed by atoms with Gasteiger partial charge in [0.15, 0.2) is 0 Å². The van der Waals surface area contributed by atoms with Crippen LogP contribution in [0.4, 0.5) is 5.69 Å². The Morgan fingerprint density at radius 3 is 2.47 bits per heavy atom. The highest BCUT2D eigenvalue weighted by Crippen LogP contribution is 2.15. The molecule has 108 valence electrons. The van der Waals surface area contributed by atoms with E-state index in [1.807, 2.05) is 12.3 Å². The van der Waals surface area contributed by atoms with E-state index in [4.69, 9.17) is 4.74 Å². The number of rotatable bonds is 8. The molecule has 1 heterocycles. The van der Waals surface area contributed by atoms with Crippen molar-refractivity contribution >= 4 is 5.69 Å². The van der Waals surface area contributed by atoms with Crippen LogP contribution >= 0.6 is 0 Å². The van der Waals surface area contributed by atoms with Crippen LogP contribution in [-0.2, 0) is 0 Å². The Balaban J connectivity index is 2.45. The molecule has 0 aliphatic carbocycles. The molecular weight excluding hydrogens is 238 g/mol. The number of pyridine rings is 1. The van der Waals surface area contributed by atoms with Crippen molar-refractivity contribution in [3.05, 3.63) is 18.5 Å². The molecule has 0 aromatic carbocycles. The molecule has 0 saturated carbocycles. The van der Waals surface area contributed by atoms with E-state index in [0.29, 0.717) is 18.7 Å². The molecule has 0 atom stereocenters. The Labute approximate surface area is 117 Å². The molecule has 1 aromatic heterocycles. The highest BCUT2D eigenvalue weighted by atomic mass is 16.5. The smallest absolute Gasteiger partial charge is 0.139 e. The first-order valence-corrected chi connectivity index (χ1v) is 7.12. The lowest BCUT2D eigenvalue weighted by Gasteiger charge is -2.30. The SMILES string of the molecule is CCNc1cncc(OCCN(C(C)C)C(C)C)c1. The molecule has 0 bridgehead atoms. The summed E-state index contributed by atoms with van der Waals surface area (Å²) in [6.45, 7) is 13.4. The monoisotopic (exact) mass is 265 g/mol. The van der Waals surface area contributed by atoms with Gasteiger partial charge < -0.3 is 10.1 Å². The summed E-state index contributed by atoms with van der Waals surface area (Å²) in [5.41, 5.74) is 1.00. The second-order valence-corrected chi connectivity index (χ2v) is 5.21. The maximum absolute atomic E-state index is 5.78. The lowest BCUT2D eigenvalue weighted by molar-refractivity contribution is 0.142. The number of ether oxygens (including phenoxy) is 1. The number of aromatic nitrogens is 1. The molecule has 4 heteroatoms. The fourth-order valence-corrected chi connectivity index (χ4v) is 2.18. The molecule has 4 nitrogen and oxygen atoms in total. The number of nitrogens with one attached hydrogen (secondary N) is 1. The van der Waals surface area contributed by atoms with E-state index < -0.39 is 0 Å². The van der Waals surface area contributed by atoms with Gasteiger partial charge in [-0.1, -0.05) is 0 Å². The van der Waals surface area contributed by atoms with Gasteiger partial charge in [0.05, 0.1) is 18.1 Å². The summed E-state index contributed by atoms with van der Waals surface area (Å²) in [5.74, 6) is 0.825. The summed E-state index contributed by atoms with van der Waals surface area (Å²) in [6.07, 6.45) is 3.57. The molecule has 0 aliphatic heterocycles. The Morgan fingerprint density at radius 2 is 1.89 bits per heavy atom. The summed E-state index contributed by atoms with van der Waals surface area (Å²) in [6, 6.07) is 3.07. The number of nitrogens with zero attached hydrogens (tertiary/aromatic N) is 2. The second kappa shape index (κ2) is 8.00. The van der Waals surface area contributed by atoms with Crippen LogP contribution < -0.4 is 10.1 Å². The van der Waals surface area contributed by atoms with E-state index in [9.17, 15) is 0 Å². The zero-order valence-corrected chi connectivity index (χ0v) is 12.8. The summed E-state index contributed by atoms with van der Waals surface area (Å²) >= 11 is 0. The van der Waals surface area contributed by atoms with Crippen LogP contribution in [0.15, 0.2) is 18.5 Å². The quantitative estimate of drug-likeness (QED) is 0.784. The fraction of sp³-hybridized carbons (Fsp3) is 0.667. The molecule has 19 heavy (non-hydrogen) atoms. The average molecular weight is 265 g/mol. The van der Waals surface area contributed by atoms with Gasteiger partial charge in [-0.25, -0.2) is 0 Å². The summed E-state index contributed by atoms with van der Waals surface area (Å²) in [4.78, 5) is 6.59. The fourth-order valence-electron chi connectivity index (χ4n) is 2.18. The van der Waals surface area contributed by atoms with Crippen LogP contribution in [-0.4, -0.2) is 41.7 Å². The van der Waals surface area contributed by atoms with Gasteiger partial charge in [0.25, 0.3) is 0 Å².